The third-order valence-electron chi connectivity index (χ3n) is 9.46. The summed E-state index contributed by atoms with van der Waals surface area (Å²) in [7, 11) is 4.52. The van der Waals surface area contributed by atoms with E-state index in [0.29, 0.717) is 12.4 Å². The van der Waals surface area contributed by atoms with Gasteiger partial charge in [0.2, 0.25) is 12.3 Å². The first-order chi connectivity index (χ1) is 24.1. The van der Waals surface area contributed by atoms with Gasteiger partial charge in [0.1, 0.15) is 11.6 Å². The van der Waals surface area contributed by atoms with Gasteiger partial charge in [-0.3, -0.25) is 9.59 Å². The van der Waals surface area contributed by atoms with Crippen LogP contribution in [0.4, 0.5) is 0 Å². The van der Waals surface area contributed by atoms with E-state index in [0.717, 1.165) is 58.7 Å². The van der Waals surface area contributed by atoms with Crippen LogP contribution in [-0.4, -0.2) is 89.2 Å². The first-order valence-corrected chi connectivity index (χ1v) is 16.8. The molecule has 2 aromatic carbocycles. The SMILES string of the molecule is COOC=N[C@H](C(=O)N1CCC[C@H]1c1ncc(-c2ccc(-c3ccc(-c4cnc([C@@H](C)NC(=O)[C@@H](C)[C@@H](C)OC)[nH]4)cc3)cc2)[nH]1)C(C)OC. The molecule has 1 unspecified atom stereocenters. The maximum Gasteiger partial charge on any atom is 0.250 e. The Morgan fingerprint density at radius 3 is 2.04 bits per heavy atom. The maximum atomic E-state index is 13.6. The number of benzene rings is 2. The van der Waals surface area contributed by atoms with Crippen LogP contribution < -0.4 is 5.32 Å². The van der Waals surface area contributed by atoms with Crippen molar-refractivity contribution < 1.29 is 28.8 Å². The summed E-state index contributed by atoms with van der Waals surface area (Å²) in [4.78, 5) is 57.5. The maximum absolute atomic E-state index is 13.6. The van der Waals surface area contributed by atoms with Gasteiger partial charge in [0.05, 0.1) is 61.1 Å². The van der Waals surface area contributed by atoms with Gasteiger partial charge in [0.25, 0.3) is 5.91 Å². The molecule has 50 heavy (non-hydrogen) atoms. The third kappa shape index (κ3) is 8.29. The number of rotatable bonds is 15. The molecular weight excluding hydrogens is 638 g/mol. The number of hydrogen-bond donors (Lipinski definition) is 3. The Morgan fingerprint density at radius 1 is 0.860 bits per heavy atom. The second kappa shape index (κ2) is 16.7. The number of nitrogens with zero attached hydrogens (tertiary/aromatic N) is 4. The summed E-state index contributed by atoms with van der Waals surface area (Å²) in [5.41, 5.74) is 5.87. The van der Waals surface area contributed by atoms with Crippen LogP contribution in [0.3, 0.4) is 0 Å². The molecule has 266 valence electrons. The lowest BCUT2D eigenvalue weighted by Gasteiger charge is -2.28. The summed E-state index contributed by atoms with van der Waals surface area (Å²) in [6.07, 6.45) is 5.75. The van der Waals surface area contributed by atoms with Crippen molar-refractivity contribution in [2.75, 3.05) is 27.9 Å². The Morgan fingerprint density at radius 2 is 1.44 bits per heavy atom. The number of methoxy groups -OCH3 is 2. The summed E-state index contributed by atoms with van der Waals surface area (Å²) < 4.78 is 10.7. The minimum atomic E-state index is -0.772. The lowest BCUT2D eigenvalue weighted by Crippen LogP contribution is -2.43. The monoisotopic (exact) mass is 685 g/mol. The number of likely N-dealkylation sites (tertiary alicyclic amines) is 1. The summed E-state index contributed by atoms with van der Waals surface area (Å²) in [6, 6.07) is 15.3. The van der Waals surface area contributed by atoms with E-state index in [2.05, 4.69) is 83.7 Å². The highest BCUT2D eigenvalue weighted by Gasteiger charge is 2.37. The number of aliphatic imine (C=N–C) groups is 1. The molecular formula is C37H47N7O6. The molecule has 0 spiro atoms. The molecule has 1 aliphatic rings. The van der Waals surface area contributed by atoms with Gasteiger partial charge in [0, 0.05) is 20.8 Å². The molecule has 1 fully saturated rings. The van der Waals surface area contributed by atoms with E-state index in [1.54, 1.807) is 27.3 Å². The van der Waals surface area contributed by atoms with Crippen molar-refractivity contribution in [2.45, 2.75) is 70.9 Å². The molecule has 3 N–H and O–H groups in total. The predicted molar refractivity (Wildman–Crippen MR) is 190 cm³/mol. The number of imidazole rings is 2. The van der Waals surface area contributed by atoms with Gasteiger partial charge in [-0.25, -0.2) is 15.0 Å². The molecule has 1 aliphatic heterocycles. The van der Waals surface area contributed by atoms with Crippen LogP contribution in [0.1, 0.15) is 64.3 Å². The molecule has 0 bridgehead atoms. The quantitative estimate of drug-likeness (QED) is 0.0627. The van der Waals surface area contributed by atoms with E-state index < -0.39 is 12.1 Å². The summed E-state index contributed by atoms with van der Waals surface area (Å²) >= 11 is 0. The van der Waals surface area contributed by atoms with E-state index in [-0.39, 0.29) is 35.9 Å². The van der Waals surface area contributed by atoms with Crippen molar-refractivity contribution in [3.8, 4) is 33.6 Å². The van der Waals surface area contributed by atoms with Crippen molar-refractivity contribution in [1.29, 1.82) is 0 Å². The standard InChI is InChI=1S/C37H47N7O6/c1-22(24(3)47-5)36(45)41-23(2)34-38-19-30(42-34)28-14-10-26(11-15-28)27-12-16-29(17-13-27)31-20-39-35(43-31)32-9-8-18-44(32)37(46)33(25(4)48-6)40-21-50-49-7/h10-17,19-25,32-33H,8-9,18H2,1-7H3,(H,38,42)(H,39,43)(H,41,45)/t22-,23+,24+,25?,32-,33-/m0/s1. The molecule has 4 aromatic rings. The van der Waals surface area contributed by atoms with Crippen molar-refractivity contribution in [3.63, 3.8) is 0 Å². The number of hydrogen-bond acceptors (Lipinski definition) is 9. The van der Waals surface area contributed by atoms with E-state index in [4.69, 9.17) is 14.4 Å². The molecule has 0 radical (unpaired) electrons. The minimum Gasteiger partial charge on any atom is -0.381 e. The Bertz CT molecular complexity index is 1740. The fraction of sp³-hybridized carbons (Fsp3) is 0.432. The highest BCUT2D eigenvalue weighted by molar-refractivity contribution is 5.84. The van der Waals surface area contributed by atoms with Crippen LogP contribution in [0.2, 0.25) is 0 Å². The number of carbonyl (C=O) groups excluding carboxylic acids is 2. The van der Waals surface area contributed by atoms with Crippen molar-refractivity contribution in [1.82, 2.24) is 30.2 Å². The normalized spacial score (nSPS) is 17.7. The first kappa shape index (κ1) is 36.4. The Kier molecular flexibility index (Phi) is 12.2. The largest absolute Gasteiger partial charge is 0.381 e. The van der Waals surface area contributed by atoms with Gasteiger partial charge in [-0.05, 0) is 55.9 Å². The zero-order valence-electron chi connectivity index (χ0n) is 29.7. The summed E-state index contributed by atoms with van der Waals surface area (Å²) in [5.74, 6) is 0.915. The van der Waals surface area contributed by atoms with Crippen LogP contribution in [0.25, 0.3) is 33.6 Å². The number of nitrogens with one attached hydrogen (secondary N) is 3. The Hall–Kier alpha value is -4.85. The van der Waals surface area contributed by atoms with Crippen LogP contribution in [0, 0.1) is 5.92 Å². The molecule has 2 amide bonds. The lowest BCUT2D eigenvalue weighted by atomic mass is 10.0. The van der Waals surface area contributed by atoms with Gasteiger partial charge in [0.15, 0.2) is 6.04 Å². The third-order valence-corrected chi connectivity index (χ3v) is 9.46. The number of aromatic amines is 2. The number of ether oxygens (including phenoxy) is 2. The first-order valence-electron chi connectivity index (χ1n) is 16.8. The topological polar surface area (TPSA) is 156 Å². The van der Waals surface area contributed by atoms with Crippen LogP contribution in [-0.2, 0) is 28.8 Å². The number of carbonyl (C=O) groups is 2. The summed E-state index contributed by atoms with van der Waals surface area (Å²) in [6.45, 7) is 8.04. The summed E-state index contributed by atoms with van der Waals surface area (Å²) in [5, 5.41) is 3.01. The smallest absolute Gasteiger partial charge is 0.250 e. The highest BCUT2D eigenvalue weighted by atomic mass is 17.2. The molecule has 6 atom stereocenters. The van der Waals surface area contributed by atoms with Crippen molar-refractivity contribution >= 4 is 18.2 Å². The van der Waals surface area contributed by atoms with Gasteiger partial charge in [-0.1, -0.05) is 55.5 Å². The molecule has 3 heterocycles. The van der Waals surface area contributed by atoms with Gasteiger partial charge >= 0.3 is 0 Å². The van der Waals surface area contributed by atoms with Crippen LogP contribution in [0.5, 0.6) is 0 Å². The van der Waals surface area contributed by atoms with E-state index in [9.17, 15) is 9.59 Å². The average Bonchev–Trinajstić information content (AvgIpc) is 3.94. The van der Waals surface area contributed by atoms with Gasteiger partial charge in [-0.2, -0.15) is 4.89 Å². The Balaban J connectivity index is 1.23. The van der Waals surface area contributed by atoms with Crippen molar-refractivity contribution in [2.24, 2.45) is 10.9 Å². The average molecular weight is 686 g/mol. The Labute approximate surface area is 292 Å². The van der Waals surface area contributed by atoms with E-state index in [1.165, 1.54) is 7.11 Å². The molecule has 13 nitrogen and oxygen atoms in total. The molecule has 1 saturated heterocycles. The van der Waals surface area contributed by atoms with Gasteiger partial charge in [-0.15, -0.1) is 0 Å². The second-order valence-corrected chi connectivity index (χ2v) is 12.6. The minimum absolute atomic E-state index is 0.0804. The fourth-order valence-corrected chi connectivity index (χ4v) is 6.00. The highest BCUT2D eigenvalue weighted by Crippen LogP contribution is 2.33. The number of aromatic nitrogens is 4. The molecule has 0 aliphatic carbocycles. The molecule has 13 heteroatoms. The predicted octanol–water partition coefficient (Wildman–Crippen LogP) is 5.66. The van der Waals surface area contributed by atoms with Gasteiger partial charge < -0.3 is 34.5 Å². The van der Waals surface area contributed by atoms with E-state index in [1.807, 2.05) is 31.9 Å². The van der Waals surface area contributed by atoms with E-state index >= 15 is 0 Å². The zero-order valence-corrected chi connectivity index (χ0v) is 29.7. The lowest BCUT2D eigenvalue weighted by molar-refractivity contribution is -0.188. The van der Waals surface area contributed by atoms with Crippen LogP contribution in [0.15, 0.2) is 65.9 Å². The zero-order chi connectivity index (χ0) is 35.8. The number of H-pyrrole nitrogens is 2. The van der Waals surface area contributed by atoms with Crippen molar-refractivity contribution in [3.05, 3.63) is 72.6 Å². The molecule has 5 rings (SSSR count). The molecule has 0 saturated carbocycles. The second-order valence-electron chi connectivity index (χ2n) is 12.6. The fourth-order valence-electron chi connectivity index (χ4n) is 6.00. The molecule has 2 aromatic heterocycles. The number of amides is 2. The van der Waals surface area contributed by atoms with Crippen LogP contribution >= 0.6 is 0 Å².